The Labute approximate surface area is 207 Å². The largest absolute Gasteiger partial charge is 0.485 e. The second-order valence-corrected chi connectivity index (χ2v) is 8.43. The van der Waals surface area contributed by atoms with Crippen molar-refractivity contribution < 1.29 is 28.3 Å². The summed E-state index contributed by atoms with van der Waals surface area (Å²) in [7, 11) is 0. The maximum Gasteiger partial charge on any atom is 0.286 e. The van der Waals surface area contributed by atoms with Crippen LogP contribution in [0.15, 0.2) is 59.0 Å². The van der Waals surface area contributed by atoms with Gasteiger partial charge in [0.2, 0.25) is 0 Å². The van der Waals surface area contributed by atoms with Gasteiger partial charge in [-0.25, -0.2) is 0 Å². The number of benzene rings is 2. The minimum absolute atomic E-state index is 0.0936. The Hall–Kier alpha value is -3.78. The normalized spacial score (nSPS) is 12.6. The van der Waals surface area contributed by atoms with E-state index in [0.717, 1.165) is 12.8 Å². The predicted molar refractivity (Wildman–Crippen MR) is 130 cm³/mol. The number of nitrogens with one attached hydrogen (secondary N) is 1. The summed E-state index contributed by atoms with van der Waals surface area (Å²) in [6, 6.07) is 14.8. The number of ether oxygens (including phenoxy) is 2. The zero-order valence-corrected chi connectivity index (χ0v) is 20.0. The topological polar surface area (TPSA) is 98.1 Å². The number of amides is 2. The Bertz CT molecular complexity index is 1220. The minimum Gasteiger partial charge on any atom is -0.485 e. The van der Waals surface area contributed by atoms with Crippen LogP contribution >= 0.6 is 11.6 Å². The van der Waals surface area contributed by atoms with Gasteiger partial charge in [-0.1, -0.05) is 24.9 Å². The first kappa shape index (κ1) is 24.3. The number of unbranched alkanes of at least 4 members (excludes halogenated alkanes) is 1. The molecular formula is C26H25ClN2O6. The Morgan fingerprint density at radius 2 is 1.91 bits per heavy atom. The van der Waals surface area contributed by atoms with Crippen LogP contribution in [0.5, 0.6) is 11.5 Å². The third-order valence-electron chi connectivity index (χ3n) is 5.42. The number of rotatable bonds is 10. The van der Waals surface area contributed by atoms with Gasteiger partial charge in [0.25, 0.3) is 11.8 Å². The van der Waals surface area contributed by atoms with Crippen molar-refractivity contribution in [1.29, 1.82) is 0 Å². The number of furan rings is 1. The van der Waals surface area contributed by atoms with Crippen molar-refractivity contribution in [1.82, 2.24) is 5.32 Å². The second-order valence-electron chi connectivity index (χ2n) is 7.99. The summed E-state index contributed by atoms with van der Waals surface area (Å²) in [5.41, 5.74) is 0.820. The first-order valence-electron chi connectivity index (χ1n) is 11.3. The van der Waals surface area contributed by atoms with Crippen molar-refractivity contribution in [3.05, 3.63) is 76.7 Å². The molecule has 0 unspecified atom stereocenters. The van der Waals surface area contributed by atoms with Crippen LogP contribution in [0.2, 0.25) is 5.02 Å². The van der Waals surface area contributed by atoms with E-state index in [1.165, 1.54) is 4.90 Å². The van der Waals surface area contributed by atoms with Gasteiger partial charge in [0, 0.05) is 17.1 Å². The summed E-state index contributed by atoms with van der Waals surface area (Å²) in [4.78, 5) is 39.1. The molecule has 3 aromatic rings. The Morgan fingerprint density at radius 1 is 1.11 bits per heavy atom. The second kappa shape index (κ2) is 11.1. The van der Waals surface area contributed by atoms with E-state index in [2.05, 4.69) is 5.32 Å². The summed E-state index contributed by atoms with van der Waals surface area (Å²) in [5.74, 6) is 0.772. The van der Waals surface area contributed by atoms with Crippen LogP contribution in [0.1, 0.15) is 46.4 Å². The first-order valence-corrected chi connectivity index (χ1v) is 11.7. The molecule has 1 aliphatic heterocycles. The van der Waals surface area contributed by atoms with Gasteiger partial charge < -0.3 is 19.2 Å². The SMILES string of the molecule is CCCCNC(=O)c1ccc(CN2C(=O)COc3ccc(C(=O)COc4ccc(Cl)cc4)cc32)o1. The van der Waals surface area contributed by atoms with Gasteiger partial charge in [-0.2, -0.15) is 0 Å². The number of fused-ring (bicyclic) bond motifs is 1. The van der Waals surface area contributed by atoms with E-state index in [1.807, 2.05) is 6.92 Å². The lowest BCUT2D eigenvalue weighted by Crippen LogP contribution is -2.38. The molecule has 2 heterocycles. The van der Waals surface area contributed by atoms with Gasteiger partial charge in [-0.05, 0) is 61.0 Å². The molecule has 1 aliphatic rings. The number of hydrogen-bond donors (Lipinski definition) is 1. The van der Waals surface area contributed by atoms with E-state index in [1.54, 1.807) is 54.6 Å². The Morgan fingerprint density at radius 3 is 2.69 bits per heavy atom. The van der Waals surface area contributed by atoms with Crippen molar-refractivity contribution in [3.63, 3.8) is 0 Å². The third kappa shape index (κ3) is 6.02. The molecule has 0 fully saturated rings. The number of nitrogens with zero attached hydrogens (tertiary/aromatic N) is 1. The van der Waals surface area contributed by atoms with Crippen LogP contribution in [0.25, 0.3) is 0 Å². The van der Waals surface area contributed by atoms with Crippen molar-refractivity contribution in [2.45, 2.75) is 26.3 Å². The highest BCUT2D eigenvalue weighted by atomic mass is 35.5. The zero-order chi connectivity index (χ0) is 24.8. The molecular weight excluding hydrogens is 472 g/mol. The summed E-state index contributed by atoms with van der Waals surface area (Å²) >= 11 is 5.87. The van der Waals surface area contributed by atoms with E-state index < -0.39 is 0 Å². The lowest BCUT2D eigenvalue weighted by atomic mass is 10.1. The predicted octanol–water partition coefficient (Wildman–Crippen LogP) is 4.65. The van der Waals surface area contributed by atoms with Gasteiger partial charge in [0.15, 0.2) is 24.8 Å². The van der Waals surface area contributed by atoms with Gasteiger partial charge in [-0.3, -0.25) is 19.3 Å². The van der Waals surface area contributed by atoms with Crippen LogP contribution in [-0.4, -0.2) is 37.4 Å². The van der Waals surface area contributed by atoms with E-state index in [0.29, 0.717) is 40.1 Å². The van der Waals surface area contributed by atoms with E-state index in [4.69, 9.17) is 25.5 Å². The molecule has 0 spiro atoms. The van der Waals surface area contributed by atoms with E-state index in [9.17, 15) is 14.4 Å². The number of anilines is 1. The number of ketones is 1. The number of carbonyl (C=O) groups is 3. The summed E-state index contributed by atoms with van der Waals surface area (Å²) in [5, 5.41) is 3.37. The number of hydrogen-bond acceptors (Lipinski definition) is 6. The lowest BCUT2D eigenvalue weighted by molar-refractivity contribution is -0.121. The molecule has 2 amide bonds. The van der Waals surface area contributed by atoms with Crippen LogP contribution in [-0.2, 0) is 11.3 Å². The van der Waals surface area contributed by atoms with Crippen molar-refractivity contribution >= 4 is 34.9 Å². The molecule has 0 atom stereocenters. The molecule has 0 saturated heterocycles. The summed E-state index contributed by atoms with van der Waals surface area (Å²) in [6.07, 6.45) is 1.85. The highest BCUT2D eigenvalue weighted by molar-refractivity contribution is 6.30. The molecule has 0 bridgehead atoms. The Balaban J connectivity index is 1.46. The fraction of sp³-hybridized carbons (Fsp3) is 0.269. The van der Waals surface area contributed by atoms with Gasteiger partial charge in [0.1, 0.15) is 17.3 Å². The molecule has 35 heavy (non-hydrogen) atoms. The molecule has 0 radical (unpaired) electrons. The number of Topliss-reactive ketones (excluding diaryl/α,β-unsaturated/α-hetero) is 1. The fourth-order valence-electron chi connectivity index (χ4n) is 3.52. The monoisotopic (exact) mass is 496 g/mol. The van der Waals surface area contributed by atoms with E-state index >= 15 is 0 Å². The standard InChI is InChI=1S/C26H25ClN2O6/c1-2-3-12-28-26(32)24-11-9-20(35-24)14-29-21-13-17(4-10-23(21)34-16-25(29)31)22(30)15-33-19-7-5-18(27)6-8-19/h4-11,13H,2-3,12,14-16H2,1H3,(H,28,32). The fourth-order valence-corrected chi connectivity index (χ4v) is 3.64. The Kier molecular flexibility index (Phi) is 7.72. The third-order valence-corrected chi connectivity index (χ3v) is 5.67. The molecule has 8 nitrogen and oxygen atoms in total. The van der Waals surface area contributed by atoms with Gasteiger partial charge in [0.05, 0.1) is 12.2 Å². The average molecular weight is 497 g/mol. The van der Waals surface area contributed by atoms with Crippen molar-refractivity contribution in [3.8, 4) is 11.5 Å². The quantitative estimate of drug-likeness (QED) is 0.324. The summed E-state index contributed by atoms with van der Waals surface area (Å²) in [6.45, 7) is 2.39. The molecule has 182 valence electrons. The maximum atomic E-state index is 12.7. The van der Waals surface area contributed by atoms with Gasteiger partial charge in [-0.15, -0.1) is 0 Å². The maximum absolute atomic E-state index is 12.7. The number of halogens is 1. The molecule has 1 aromatic heterocycles. The lowest BCUT2D eigenvalue weighted by Gasteiger charge is -2.29. The molecule has 0 saturated carbocycles. The first-order chi connectivity index (χ1) is 16.9. The van der Waals surface area contributed by atoms with Crippen LogP contribution in [0.3, 0.4) is 0 Å². The molecule has 9 heteroatoms. The van der Waals surface area contributed by atoms with E-state index in [-0.39, 0.29) is 43.1 Å². The van der Waals surface area contributed by atoms with Gasteiger partial charge >= 0.3 is 0 Å². The van der Waals surface area contributed by atoms with Crippen LogP contribution in [0, 0.1) is 0 Å². The highest BCUT2D eigenvalue weighted by Crippen LogP contribution is 2.34. The van der Waals surface area contributed by atoms with Crippen molar-refractivity contribution in [2.75, 3.05) is 24.7 Å². The highest BCUT2D eigenvalue weighted by Gasteiger charge is 2.28. The molecule has 4 rings (SSSR count). The average Bonchev–Trinajstić information content (AvgIpc) is 3.34. The molecule has 0 aliphatic carbocycles. The number of carbonyl (C=O) groups excluding carboxylic acids is 3. The smallest absolute Gasteiger partial charge is 0.286 e. The van der Waals surface area contributed by atoms with Crippen LogP contribution in [0.4, 0.5) is 5.69 Å². The van der Waals surface area contributed by atoms with Crippen LogP contribution < -0.4 is 19.7 Å². The van der Waals surface area contributed by atoms with Crippen molar-refractivity contribution in [2.24, 2.45) is 0 Å². The molecule has 1 N–H and O–H groups in total. The molecule has 2 aromatic carbocycles. The summed E-state index contributed by atoms with van der Waals surface area (Å²) < 4.78 is 16.8. The zero-order valence-electron chi connectivity index (χ0n) is 19.2. The minimum atomic E-state index is -0.299.